The van der Waals surface area contributed by atoms with Gasteiger partial charge in [0.25, 0.3) is 0 Å². The number of aromatic nitrogens is 2. The SMILES string of the molecule is NC(Cc1cnc[nH]1)c1cccc(C2CC2)c1. The van der Waals surface area contributed by atoms with Gasteiger partial charge in [0.15, 0.2) is 0 Å². The van der Waals surface area contributed by atoms with Gasteiger partial charge in [0.1, 0.15) is 0 Å². The standard InChI is InChI=1S/C14H17N3/c15-14(7-13-8-16-9-17-13)12-3-1-2-11(6-12)10-4-5-10/h1-3,6,8-10,14H,4-5,7,15H2,(H,16,17). The fourth-order valence-corrected chi connectivity index (χ4v) is 2.21. The van der Waals surface area contributed by atoms with Gasteiger partial charge in [-0.05, 0) is 29.9 Å². The Hall–Kier alpha value is -1.61. The van der Waals surface area contributed by atoms with Gasteiger partial charge < -0.3 is 10.7 Å². The average molecular weight is 227 g/mol. The molecule has 3 heteroatoms. The molecule has 0 aliphatic heterocycles. The number of nitrogens with one attached hydrogen (secondary N) is 1. The van der Waals surface area contributed by atoms with Gasteiger partial charge in [-0.2, -0.15) is 0 Å². The molecular formula is C14H17N3. The van der Waals surface area contributed by atoms with Crippen molar-refractivity contribution in [3.63, 3.8) is 0 Å². The number of aromatic amines is 1. The summed E-state index contributed by atoms with van der Waals surface area (Å²) in [5, 5.41) is 0. The van der Waals surface area contributed by atoms with E-state index in [0.29, 0.717) is 0 Å². The van der Waals surface area contributed by atoms with Crippen LogP contribution in [0.15, 0.2) is 36.8 Å². The Morgan fingerprint density at radius 3 is 3.00 bits per heavy atom. The van der Waals surface area contributed by atoms with Crippen LogP contribution in [-0.4, -0.2) is 9.97 Å². The number of hydrogen-bond donors (Lipinski definition) is 2. The molecule has 0 amide bonds. The Balaban J connectivity index is 1.76. The topological polar surface area (TPSA) is 54.7 Å². The molecule has 1 heterocycles. The third kappa shape index (κ3) is 2.39. The lowest BCUT2D eigenvalue weighted by atomic mass is 9.99. The lowest BCUT2D eigenvalue weighted by Gasteiger charge is -2.12. The zero-order valence-electron chi connectivity index (χ0n) is 9.76. The summed E-state index contributed by atoms with van der Waals surface area (Å²) in [7, 11) is 0. The first-order chi connectivity index (χ1) is 8.33. The van der Waals surface area contributed by atoms with E-state index in [4.69, 9.17) is 5.73 Å². The highest BCUT2D eigenvalue weighted by atomic mass is 14.9. The molecular weight excluding hydrogens is 210 g/mol. The minimum Gasteiger partial charge on any atom is -0.348 e. The lowest BCUT2D eigenvalue weighted by Crippen LogP contribution is -2.13. The fraction of sp³-hybridized carbons (Fsp3) is 0.357. The third-order valence-corrected chi connectivity index (χ3v) is 3.38. The van der Waals surface area contributed by atoms with Crippen LogP contribution >= 0.6 is 0 Å². The quantitative estimate of drug-likeness (QED) is 0.843. The molecule has 1 saturated carbocycles. The molecule has 3 nitrogen and oxygen atoms in total. The number of H-pyrrole nitrogens is 1. The van der Waals surface area contributed by atoms with Crippen LogP contribution in [0.1, 0.15) is 41.6 Å². The van der Waals surface area contributed by atoms with E-state index in [1.807, 2.05) is 6.20 Å². The van der Waals surface area contributed by atoms with Gasteiger partial charge in [0.2, 0.25) is 0 Å². The second-order valence-electron chi connectivity index (χ2n) is 4.83. The molecule has 3 N–H and O–H groups in total. The molecule has 1 atom stereocenters. The Morgan fingerprint density at radius 1 is 1.41 bits per heavy atom. The van der Waals surface area contributed by atoms with Gasteiger partial charge in [0, 0.05) is 24.4 Å². The summed E-state index contributed by atoms with van der Waals surface area (Å²) in [6.45, 7) is 0. The summed E-state index contributed by atoms with van der Waals surface area (Å²) in [6, 6.07) is 8.76. The maximum Gasteiger partial charge on any atom is 0.0921 e. The van der Waals surface area contributed by atoms with E-state index >= 15 is 0 Å². The normalized spacial score (nSPS) is 17.0. The van der Waals surface area contributed by atoms with Crippen molar-refractivity contribution in [2.45, 2.75) is 31.2 Å². The molecule has 1 aliphatic rings. The van der Waals surface area contributed by atoms with Crippen LogP contribution in [0.5, 0.6) is 0 Å². The van der Waals surface area contributed by atoms with Gasteiger partial charge in [-0.3, -0.25) is 0 Å². The van der Waals surface area contributed by atoms with Crippen molar-refractivity contribution in [1.29, 1.82) is 0 Å². The highest BCUT2D eigenvalue weighted by molar-refractivity contribution is 5.31. The average Bonchev–Trinajstić information content (AvgIpc) is 3.09. The number of hydrogen-bond acceptors (Lipinski definition) is 2. The minimum absolute atomic E-state index is 0.0501. The molecule has 0 radical (unpaired) electrons. The van der Waals surface area contributed by atoms with Crippen molar-refractivity contribution >= 4 is 0 Å². The van der Waals surface area contributed by atoms with E-state index in [0.717, 1.165) is 18.0 Å². The first-order valence-electron chi connectivity index (χ1n) is 6.15. The maximum absolute atomic E-state index is 6.23. The van der Waals surface area contributed by atoms with E-state index in [2.05, 4.69) is 34.2 Å². The summed E-state index contributed by atoms with van der Waals surface area (Å²) in [5.74, 6) is 0.786. The monoisotopic (exact) mass is 227 g/mol. The van der Waals surface area contributed by atoms with Gasteiger partial charge in [-0.1, -0.05) is 24.3 Å². The summed E-state index contributed by atoms with van der Waals surface area (Å²) in [4.78, 5) is 7.11. The van der Waals surface area contributed by atoms with Crippen LogP contribution in [0.3, 0.4) is 0 Å². The van der Waals surface area contributed by atoms with E-state index in [1.54, 1.807) is 6.33 Å². The largest absolute Gasteiger partial charge is 0.348 e. The number of rotatable bonds is 4. The predicted octanol–water partition coefficient (Wildman–Crippen LogP) is 2.53. The highest BCUT2D eigenvalue weighted by Gasteiger charge is 2.23. The molecule has 2 aromatic rings. The molecule has 0 bridgehead atoms. The molecule has 1 aliphatic carbocycles. The highest BCUT2D eigenvalue weighted by Crippen LogP contribution is 2.40. The summed E-state index contributed by atoms with van der Waals surface area (Å²) < 4.78 is 0. The van der Waals surface area contributed by atoms with Gasteiger partial charge >= 0.3 is 0 Å². The molecule has 1 unspecified atom stereocenters. The van der Waals surface area contributed by atoms with Crippen LogP contribution in [-0.2, 0) is 6.42 Å². The summed E-state index contributed by atoms with van der Waals surface area (Å²) in [5.41, 5.74) is 9.99. The first-order valence-corrected chi connectivity index (χ1v) is 6.15. The number of benzene rings is 1. The summed E-state index contributed by atoms with van der Waals surface area (Å²) >= 11 is 0. The van der Waals surface area contributed by atoms with E-state index in [9.17, 15) is 0 Å². The lowest BCUT2D eigenvalue weighted by molar-refractivity contribution is 0.708. The maximum atomic E-state index is 6.23. The van der Waals surface area contributed by atoms with Crippen molar-refractivity contribution in [3.8, 4) is 0 Å². The molecule has 0 saturated heterocycles. The number of nitrogens with zero attached hydrogens (tertiary/aromatic N) is 1. The van der Waals surface area contributed by atoms with Crippen molar-refractivity contribution < 1.29 is 0 Å². The number of nitrogens with two attached hydrogens (primary N) is 1. The van der Waals surface area contributed by atoms with E-state index in [-0.39, 0.29) is 6.04 Å². The zero-order valence-corrected chi connectivity index (χ0v) is 9.76. The molecule has 3 rings (SSSR count). The van der Waals surface area contributed by atoms with Crippen molar-refractivity contribution in [2.24, 2.45) is 5.73 Å². The van der Waals surface area contributed by atoms with Crippen LogP contribution in [0, 0.1) is 0 Å². The van der Waals surface area contributed by atoms with E-state index < -0.39 is 0 Å². The van der Waals surface area contributed by atoms with Crippen LogP contribution in [0.2, 0.25) is 0 Å². The Labute approximate surface area is 101 Å². The second kappa shape index (κ2) is 4.34. The molecule has 17 heavy (non-hydrogen) atoms. The smallest absolute Gasteiger partial charge is 0.0921 e. The Bertz CT molecular complexity index is 486. The Morgan fingerprint density at radius 2 is 2.29 bits per heavy atom. The molecule has 1 aromatic heterocycles. The van der Waals surface area contributed by atoms with Crippen LogP contribution in [0.4, 0.5) is 0 Å². The minimum atomic E-state index is 0.0501. The van der Waals surface area contributed by atoms with Crippen molar-refractivity contribution in [3.05, 3.63) is 53.6 Å². The van der Waals surface area contributed by atoms with Crippen LogP contribution < -0.4 is 5.73 Å². The van der Waals surface area contributed by atoms with Crippen LogP contribution in [0.25, 0.3) is 0 Å². The molecule has 1 aromatic carbocycles. The zero-order chi connectivity index (χ0) is 11.7. The predicted molar refractivity (Wildman–Crippen MR) is 67.6 cm³/mol. The van der Waals surface area contributed by atoms with Gasteiger partial charge in [-0.15, -0.1) is 0 Å². The molecule has 88 valence electrons. The fourth-order valence-electron chi connectivity index (χ4n) is 2.21. The Kier molecular flexibility index (Phi) is 2.69. The third-order valence-electron chi connectivity index (χ3n) is 3.38. The first kappa shape index (κ1) is 10.5. The van der Waals surface area contributed by atoms with Crippen molar-refractivity contribution in [2.75, 3.05) is 0 Å². The molecule has 1 fully saturated rings. The van der Waals surface area contributed by atoms with Gasteiger partial charge in [0.05, 0.1) is 6.33 Å². The second-order valence-corrected chi connectivity index (χ2v) is 4.83. The number of imidazole rings is 1. The van der Waals surface area contributed by atoms with Crippen molar-refractivity contribution in [1.82, 2.24) is 9.97 Å². The van der Waals surface area contributed by atoms with Gasteiger partial charge in [-0.25, -0.2) is 4.98 Å². The summed E-state index contributed by atoms with van der Waals surface area (Å²) in [6.07, 6.45) is 7.01. The van der Waals surface area contributed by atoms with E-state index in [1.165, 1.54) is 24.0 Å². The molecule has 0 spiro atoms.